The number of nitrogens with one attached hydrogen (secondary N) is 1. The minimum atomic E-state index is -1.09. The maximum atomic E-state index is 13.2. The lowest BCUT2D eigenvalue weighted by molar-refractivity contribution is 0.0691. The van der Waals surface area contributed by atoms with Crippen molar-refractivity contribution < 1.29 is 23.4 Å². The molecule has 4 nitrogen and oxygen atoms in total. The van der Waals surface area contributed by atoms with Crippen LogP contribution in [0.15, 0.2) is 42.5 Å². The molecule has 0 unspecified atom stereocenters. The Hall–Kier alpha value is -2.89. The Labute approximate surface area is 117 Å². The molecule has 0 radical (unpaired) electrons. The van der Waals surface area contributed by atoms with Crippen molar-refractivity contribution >= 4 is 16.9 Å². The molecule has 6 heteroatoms. The Balaban J connectivity index is 2.03. The number of fused-ring (bicyclic) bond motifs is 1. The molecule has 0 atom stereocenters. The number of aromatic carboxylic acids is 1. The summed E-state index contributed by atoms with van der Waals surface area (Å²) in [6.07, 6.45) is 0. The lowest BCUT2D eigenvalue weighted by atomic mass is 10.2. The molecular weight excluding hydrogens is 280 g/mol. The number of benzene rings is 2. The van der Waals surface area contributed by atoms with Gasteiger partial charge in [0.2, 0.25) is 0 Å². The Bertz CT molecular complexity index is 842. The van der Waals surface area contributed by atoms with Crippen LogP contribution >= 0.6 is 0 Å². The largest absolute Gasteiger partial charge is 0.477 e. The number of aromatic amines is 1. The smallest absolute Gasteiger partial charge is 0.352 e. The summed E-state index contributed by atoms with van der Waals surface area (Å²) in [6.45, 7) is 0. The van der Waals surface area contributed by atoms with Crippen LogP contribution in [0.3, 0.4) is 0 Å². The van der Waals surface area contributed by atoms with Crippen LogP contribution in [-0.4, -0.2) is 16.1 Å². The van der Waals surface area contributed by atoms with E-state index in [4.69, 9.17) is 9.84 Å². The average molecular weight is 289 g/mol. The van der Waals surface area contributed by atoms with Crippen LogP contribution in [0.4, 0.5) is 8.78 Å². The van der Waals surface area contributed by atoms with Gasteiger partial charge in [0, 0.05) is 17.0 Å². The summed E-state index contributed by atoms with van der Waals surface area (Å²) in [6, 6.07) is 9.58. The van der Waals surface area contributed by atoms with Crippen molar-refractivity contribution in [2.75, 3.05) is 0 Å². The fraction of sp³-hybridized carbons (Fsp3) is 0. The molecule has 0 aliphatic rings. The summed E-state index contributed by atoms with van der Waals surface area (Å²) < 4.78 is 31.5. The molecule has 0 amide bonds. The topological polar surface area (TPSA) is 62.3 Å². The van der Waals surface area contributed by atoms with Gasteiger partial charge in [0.1, 0.15) is 17.2 Å². The first-order valence-corrected chi connectivity index (χ1v) is 6.02. The molecule has 0 fully saturated rings. The first-order chi connectivity index (χ1) is 10.0. The molecule has 3 aromatic rings. The van der Waals surface area contributed by atoms with Crippen molar-refractivity contribution in [1.82, 2.24) is 4.98 Å². The van der Waals surface area contributed by atoms with Gasteiger partial charge in [0.05, 0.1) is 0 Å². The first kappa shape index (κ1) is 13.1. The van der Waals surface area contributed by atoms with Gasteiger partial charge in [0.15, 0.2) is 11.6 Å². The number of carboxylic acids is 1. The summed E-state index contributed by atoms with van der Waals surface area (Å²) >= 11 is 0. The maximum Gasteiger partial charge on any atom is 0.352 e. The Morgan fingerprint density at radius 1 is 1.10 bits per heavy atom. The van der Waals surface area contributed by atoms with Crippen molar-refractivity contribution in [2.24, 2.45) is 0 Å². The number of carbonyl (C=O) groups is 1. The number of carboxylic acid groups (broad SMARTS) is 1. The normalized spacial score (nSPS) is 10.8. The lowest BCUT2D eigenvalue weighted by Crippen LogP contribution is -1.94. The predicted octanol–water partition coefficient (Wildman–Crippen LogP) is 3.94. The highest BCUT2D eigenvalue weighted by Crippen LogP contribution is 2.31. The van der Waals surface area contributed by atoms with Crippen molar-refractivity contribution in [2.45, 2.75) is 0 Å². The molecule has 0 spiro atoms. The number of hydrogen-bond donors (Lipinski definition) is 2. The molecule has 1 heterocycles. The van der Waals surface area contributed by atoms with Gasteiger partial charge in [0.25, 0.3) is 0 Å². The quantitative estimate of drug-likeness (QED) is 0.767. The Morgan fingerprint density at radius 3 is 2.62 bits per heavy atom. The van der Waals surface area contributed by atoms with E-state index in [1.165, 1.54) is 12.1 Å². The molecule has 0 saturated carbocycles. The summed E-state index contributed by atoms with van der Waals surface area (Å²) in [4.78, 5) is 13.7. The number of rotatable bonds is 3. The minimum absolute atomic E-state index is 0.0198. The van der Waals surface area contributed by atoms with E-state index >= 15 is 0 Å². The maximum absolute atomic E-state index is 13.2. The lowest BCUT2D eigenvalue weighted by Gasteiger charge is -2.07. The Morgan fingerprint density at radius 2 is 1.90 bits per heavy atom. The minimum Gasteiger partial charge on any atom is -0.477 e. The SMILES string of the molecule is O=C(O)c1cc2c(Oc3ccc(F)c(F)c3)cccc2[nH]1. The van der Waals surface area contributed by atoms with Crippen LogP contribution in [0.2, 0.25) is 0 Å². The number of ether oxygens (including phenoxy) is 1. The number of aromatic nitrogens is 1. The van der Waals surface area contributed by atoms with Crippen LogP contribution in [0.25, 0.3) is 10.9 Å². The molecule has 1 aromatic heterocycles. The van der Waals surface area contributed by atoms with E-state index in [0.29, 0.717) is 16.7 Å². The monoisotopic (exact) mass is 289 g/mol. The average Bonchev–Trinajstić information content (AvgIpc) is 2.88. The fourth-order valence-electron chi connectivity index (χ4n) is 2.00. The van der Waals surface area contributed by atoms with Gasteiger partial charge < -0.3 is 14.8 Å². The van der Waals surface area contributed by atoms with Gasteiger partial charge in [-0.1, -0.05) is 6.07 Å². The van der Waals surface area contributed by atoms with Crippen molar-refractivity contribution in [3.8, 4) is 11.5 Å². The van der Waals surface area contributed by atoms with E-state index in [0.717, 1.165) is 12.1 Å². The second-order valence-electron chi connectivity index (χ2n) is 4.38. The zero-order valence-corrected chi connectivity index (χ0v) is 10.6. The summed E-state index contributed by atoms with van der Waals surface area (Å²) in [7, 11) is 0. The second-order valence-corrected chi connectivity index (χ2v) is 4.38. The van der Waals surface area contributed by atoms with Crippen LogP contribution < -0.4 is 4.74 Å². The summed E-state index contributed by atoms with van der Waals surface area (Å²) in [5.74, 6) is -2.60. The summed E-state index contributed by atoms with van der Waals surface area (Å²) in [5, 5.41) is 9.51. The molecular formula is C15H9F2NO3. The van der Waals surface area contributed by atoms with E-state index in [1.54, 1.807) is 18.2 Å². The van der Waals surface area contributed by atoms with Gasteiger partial charge >= 0.3 is 5.97 Å². The third kappa shape index (κ3) is 2.43. The van der Waals surface area contributed by atoms with Crippen molar-refractivity contribution in [3.05, 3.63) is 59.8 Å². The van der Waals surface area contributed by atoms with Crippen LogP contribution in [0, 0.1) is 11.6 Å². The van der Waals surface area contributed by atoms with Crippen LogP contribution in [-0.2, 0) is 0 Å². The van der Waals surface area contributed by atoms with Crippen LogP contribution in [0.5, 0.6) is 11.5 Å². The zero-order valence-electron chi connectivity index (χ0n) is 10.6. The molecule has 106 valence electrons. The van der Waals surface area contributed by atoms with E-state index in [9.17, 15) is 13.6 Å². The van der Waals surface area contributed by atoms with Gasteiger partial charge in [-0.3, -0.25) is 0 Å². The molecule has 2 aromatic carbocycles. The molecule has 3 rings (SSSR count). The molecule has 2 N–H and O–H groups in total. The molecule has 0 saturated heterocycles. The van der Waals surface area contributed by atoms with E-state index in [2.05, 4.69) is 4.98 Å². The van der Waals surface area contributed by atoms with Gasteiger partial charge in [-0.05, 0) is 30.3 Å². The fourth-order valence-corrected chi connectivity index (χ4v) is 2.00. The zero-order chi connectivity index (χ0) is 15.0. The standard InChI is InChI=1S/C15H9F2NO3/c16-10-5-4-8(6-11(10)17)21-14-3-1-2-12-9(14)7-13(18-12)15(19)20/h1-7,18H,(H,19,20). The number of H-pyrrole nitrogens is 1. The van der Waals surface area contributed by atoms with E-state index in [-0.39, 0.29) is 11.4 Å². The molecule has 0 bridgehead atoms. The van der Waals surface area contributed by atoms with Crippen LogP contribution in [0.1, 0.15) is 10.5 Å². The van der Waals surface area contributed by atoms with Crippen molar-refractivity contribution in [3.63, 3.8) is 0 Å². The molecule has 0 aliphatic heterocycles. The van der Waals surface area contributed by atoms with E-state index < -0.39 is 17.6 Å². The highest BCUT2D eigenvalue weighted by Gasteiger charge is 2.12. The van der Waals surface area contributed by atoms with Gasteiger partial charge in [-0.2, -0.15) is 0 Å². The highest BCUT2D eigenvalue weighted by atomic mass is 19.2. The van der Waals surface area contributed by atoms with Gasteiger partial charge in [-0.25, -0.2) is 13.6 Å². The molecule has 0 aliphatic carbocycles. The number of hydrogen-bond acceptors (Lipinski definition) is 2. The Kier molecular flexibility index (Phi) is 3.06. The predicted molar refractivity (Wildman–Crippen MR) is 71.7 cm³/mol. The second kappa shape index (κ2) is 4.90. The molecule has 21 heavy (non-hydrogen) atoms. The first-order valence-electron chi connectivity index (χ1n) is 6.02. The highest BCUT2D eigenvalue weighted by molar-refractivity contribution is 5.96. The van der Waals surface area contributed by atoms with E-state index in [1.807, 2.05) is 0 Å². The van der Waals surface area contributed by atoms with Gasteiger partial charge in [-0.15, -0.1) is 0 Å². The third-order valence-electron chi connectivity index (χ3n) is 2.97. The number of halogens is 2. The third-order valence-corrected chi connectivity index (χ3v) is 2.97. The summed E-state index contributed by atoms with van der Waals surface area (Å²) in [5.41, 5.74) is 0.596. The van der Waals surface area contributed by atoms with Crippen molar-refractivity contribution in [1.29, 1.82) is 0 Å².